The maximum atomic E-state index is 13.5. The van der Waals surface area contributed by atoms with Gasteiger partial charge in [-0.05, 0) is 36.8 Å². The number of halogens is 2. The minimum absolute atomic E-state index is 0.159. The topological polar surface area (TPSA) is 29.1 Å². The highest BCUT2D eigenvalue weighted by molar-refractivity contribution is 9.10. The van der Waals surface area contributed by atoms with Gasteiger partial charge in [-0.2, -0.15) is 0 Å². The number of carbonyl (C=O) groups is 1. The monoisotopic (exact) mass is 333 g/mol. The van der Waals surface area contributed by atoms with E-state index in [0.29, 0.717) is 4.47 Å². The van der Waals surface area contributed by atoms with Crippen molar-refractivity contribution in [3.05, 3.63) is 70.0 Å². The van der Waals surface area contributed by atoms with Gasteiger partial charge in [-0.25, -0.2) is 4.39 Å². The molecule has 0 aliphatic carbocycles. The van der Waals surface area contributed by atoms with E-state index in [9.17, 15) is 9.18 Å². The second kappa shape index (κ2) is 6.48. The maximum Gasteiger partial charge on any atom is 0.248 e. The zero-order valence-electron chi connectivity index (χ0n) is 10.9. The molecule has 0 aliphatic heterocycles. The Bertz CT molecular complexity index is 650. The van der Waals surface area contributed by atoms with Crippen LogP contribution >= 0.6 is 15.9 Å². The molecule has 0 heterocycles. The third kappa shape index (κ3) is 4.03. The number of carbonyl (C=O) groups excluding carboxylic acids is 1. The van der Waals surface area contributed by atoms with Crippen molar-refractivity contribution >= 4 is 33.6 Å². The molecule has 0 radical (unpaired) electrons. The smallest absolute Gasteiger partial charge is 0.248 e. The Morgan fingerprint density at radius 1 is 1.20 bits per heavy atom. The quantitative estimate of drug-likeness (QED) is 0.820. The fraction of sp³-hybridized carbons (Fsp3) is 0.0625. The number of hydrogen-bond acceptors (Lipinski definition) is 1. The third-order valence-electron chi connectivity index (χ3n) is 2.69. The molecule has 0 saturated carbocycles. The lowest BCUT2D eigenvalue weighted by Gasteiger charge is -2.04. The zero-order valence-corrected chi connectivity index (χ0v) is 12.4. The van der Waals surface area contributed by atoms with Crippen LogP contribution in [-0.4, -0.2) is 5.91 Å². The highest BCUT2D eigenvalue weighted by atomic mass is 79.9. The molecule has 0 saturated heterocycles. The molecule has 0 aromatic heterocycles. The molecule has 4 heteroatoms. The van der Waals surface area contributed by atoms with E-state index in [-0.39, 0.29) is 11.6 Å². The van der Waals surface area contributed by atoms with Gasteiger partial charge in [0.15, 0.2) is 0 Å². The first-order valence-electron chi connectivity index (χ1n) is 6.05. The van der Waals surface area contributed by atoms with E-state index in [0.717, 1.165) is 11.1 Å². The number of anilines is 1. The standard InChI is InChI=1S/C16H13BrFNO/c1-11-2-4-12(5-3-11)6-9-16(20)19-15-8-7-13(17)10-14(15)18/h2-10H,1H3,(H,19,20). The predicted octanol–water partition coefficient (Wildman–Crippen LogP) is 4.55. The van der Waals surface area contributed by atoms with Gasteiger partial charge in [0.25, 0.3) is 0 Å². The molecule has 2 aromatic carbocycles. The van der Waals surface area contributed by atoms with E-state index in [4.69, 9.17) is 0 Å². The van der Waals surface area contributed by atoms with Crippen molar-refractivity contribution < 1.29 is 9.18 Å². The summed E-state index contributed by atoms with van der Waals surface area (Å²) in [5, 5.41) is 2.50. The van der Waals surface area contributed by atoms with Crippen LogP contribution in [-0.2, 0) is 4.79 Å². The second-order valence-corrected chi connectivity index (χ2v) is 5.27. The molecule has 0 unspecified atom stereocenters. The highest BCUT2D eigenvalue weighted by Crippen LogP contribution is 2.19. The van der Waals surface area contributed by atoms with Gasteiger partial charge < -0.3 is 5.32 Å². The molecule has 20 heavy (non-hydrogen) atoms. The summed E-state index contributed by atoms with van der Waals surface area (Å²) in [6.07, 6.45) is 3.07. The summed E-state index contributed by atoms with van der Waals surface area (Å²) < 4.78 is 14.2. The van der Waals surface area contributed by atoms with Crippen LogP contribution < -0.4 is 5.32 Å². The van der Waals surface area contributed by atoms with Crippen LogP contribution in [0.15, 0.2) is 53.0 Å². The van der Waals surface area contributed by atoms with Gasteiger partial charge in [-0.1, -0.05) is 45.8 Å². The fourth-order valence-electron chi connectivity index (χ4n) is 1.61. The molecule has 2 rings (SSSR count). The third-order valence-corrected chi connectivity index (χ3v) is 3.19. The second-order valence-electron chi connectivity index (χ2n) is 4.36. The fourth-order valence-corrected chi connectivity index (χ4v) is 1.95. The van der Waals surface area contributed by atoms with Crippen molar-refractivity contribution in [1.82, 2.24) is 0 Å². The molecular weight excluding hydrogens is 321 g/mol. The minimum Gasteiger partial charge on any atom is -0.320 e. The van der Waals surface area contributed by atoms with Crippen molar-refractivity contribution in [2.24, 2.45) is 0 Å². The first kappa shape index (κ1) is 14.5. The van der Waals surface area contributed by atoms with Gasteiger partial charge in [0.05, 0.1) is 5.69 Å². The predicted molar refractivity (Wildman–Crippen MR) is 82.9 cm³/mol. The SMILES string of the molecule is Cc1ccc(C=CC(=O)Nc2ccc(Br)cc2F)cc1. The Labute approximate surface area is 125 Å². The Kier molecular flexibility index (Phi) is 4.69. The minimum atomic E-state index is -0.475. The van der Waals surface area contributed by atoms with E-state index in [1.807, 2.05) is 31.2 Å². The number of aryl methyl sites for hydroxylation is 1. The molecule has 102 valence electrons. The number of amides is 1. The van der Waals surface area contributed by atoms with Crippen molar-refractivity contribution in [1.29, 1.82) is 0 Å². The Morgan fingerprint density at radius 3 is 2.55 bits per heavy atom. The molecule has 1 N–H and O–H groups in total. The molecule has 0 spiro atoms. The van der Waals surface area contributed by atoms with Gasteiger partial charge in [0.2, 0.25) is 5.91 Å². The molecule has 0 fully saturated rings. The van der Waals surface area contributed by atoms with E-state index >= 15 is 0 Å². The largest absolute Gasteiger partial charge is 0.320 e. The summed E-state index contributed by atoms with van der Waals surface area (Å²) in [5.41, 5.74) is 2.23. The van der Waals surface area contributed by atoms with E-state index < -0.39 is 5.82 Å². The van der Waals surface area contributed by atoms with Crippen molar-refractivity contribution in [2.45, 2.75) is 6.92 Å². The number of benzene rings is 2. The van der Waals surface area contributed by atoms with Crippen LogP contribution in [0.25, 0.3) is 6.08 Å². The van der Waals surface area contributed by atoms with Crippen molar-refractivity contribution in [2.75, 3.05) is 5.32 Å². The summed E-state index contributed by atoms with van der Waals surface area (Å²) in [6, 6.07) is 12.2. The summed E-state index contributed by atoms with van der Waals surface area (Å²) in [5.74, 6) is -0.844. The van der Waals surface area contributed by atoms with E-state index in [1.165, 1.54) is 18.2 Å². The normalized spacial score (nSPS) is 10.8. The first-order valence-corrected chi connectivity index (χ1v) is 6.85. The molecule has 1 amide bonds. The number of hydrogen-bond donors (Lipinski definition) is 1. The lowest BCUT2D eigenvalue weighted by Crippen LogP contribution is -2.09. The average molecular weight is 334 g/mol. The Balaban J connectivity index is 2.03. The zero-order chi connectivity index (χ0) is 14.5. The van der Waals surface area contributed by atoms with Crippen molar-refractivity contribution in [3.8, 4) is 0 Å². The Morgan fingerprint density at radius 2 is 1.90 bits per heavy atom. The molecular formula is C16H13BrFNO. The van der Waals surface area contributed by atoms with Crippen LogP contribution in [0, 0.1) is 12.7 Å². The molecule has 2 nitrogen and oxygen atoms in total. The van der Waals surface area contributed by atoms with Gasteiger partial charge in [-0.15, -0.1) is 0 Å². The number of rotatable bonds is 3. The van der Waals surface area contributed by atoms with Gasteiger partial charge >= 0.3 is 0 Å². The Hall–Kier alpha value is -1.94. The first-order chi connectivity index (χ1) is 9.54. The van der Waals surface area contributed by atoms with Crippen LogP contribution in [0.3, 0.4) is 0 Å². The van der Waals surface area contributed by atoms with Crippen molar-refractivity contribution in [3.63, 3.8) is 0 Å². The average Bonchev–Trinajstić information content (AvgIpc) is 2.41. The summed E-state index contributed by atoms with van der Waals surface area (Å²) >= 11 is 3.16. The van der Waals surface area contributed by atoms with Gasteiger partial charge in [-0.3, -0.25) is 4.79 Å². The van der Waals surface area contributed by atoms with Crippen LogP contribution in [0.5, 0.6) is 0 Å². The van der Waals surface area contributed by atoms with Crippen LogP contribution in [0.1, 0.15) is 11.1 Å². The maximum absolute atomic E-state index is 13.5. The van der Waals surface area contributed by atoms with Gasteiger partial charge in [0, 0.05) is 10.5 Å². The summed E-state index contributed by atoms with van der Waals surface area (Å²) in [4.78, 5) is 11.7. The molecule has 0 aliphatic rings. The molecule has 0 bridgehead atoms. The van der Waals surface area contributed by atoms with E-state index in [1.54, 1.807) is 12.1 Å². The van der Waals surface area contributed by atoms with E-state index in [2.05, 4.69) is 21.2 Å². The van der Waals surface area contributed by atoms with Gasteiger partial charge in [0.1, 0.15) is 5.82 Å². The molecule has 2 aromatic rings. The summed E-state index contributed by atoms with van der Waals surface area (Å²) in [6.45, 7) is 2.00. The lowest BCUT2D eigenvalue weighted by atomic mass is 10.1. The number of nitrogens with one attached hydrogen (secondary N) is 1. The summed E-state index contributed by atoms with van der Waals surface area (Å²) in [7, 11) is 0. The van der Waals surface area contributed by atoms with Crippen LogP contribution in [0.4, 0.5) is 10.1 Å². The van der Waals surface area contributed by atoms with Crippen LogP contribution in [0.2, 0.25) is 0 Å². The molecule has 0 atom stereocenters. The lowest BCUT2D eigenvalue weighted by molar-refractivity contribution is -0.111. The highest BCUT2D eigenvalue weighted by Gasteiger charge is 2.04.